The second-order valence-corrected chi connectivity index (χ2v) is 9.59. The van der Waals surface area contributed by atoms with Gasteiger partial charge in [0.1, 0.15) is 18.3 Å². The van der Waals surface area contributed by atoms with E-state index in [1.54, 1.807) is 36.4 Å². The third kappa shape index (κ3) is 8.50. The summed E-state index contributed by atoms with van der Waals surface area (Å²) < 4.78 is 6.37. The topological polar surface area (TPSA) is 84.5 Å². The first kappa shape index (κ1) is 26.9. The van der Waals surface area contributed by atoms with E-state index in [1.165, 1.54) is 0 Å². The Kier molecular flexibility index (Phi) is 10.0. The average molecular weight is 549 g/mol. The van der Waals surface area contributed by atoms with Crippen LogP contribution in [0.2, 0.25) is 0 Å². The van der Waals surface area contributed by atoms with E-state index in [-0.39, 0.29) is 18.2 Å². The van der Waals surface area contributed by atoms with Gasteiger partial charge in [-0.25, -0.2) is 4.79 Å². The second-order valence-electron chi connectivity index (χ2n) is 8.68. The Labute approximate surface area is 219 Å². The van der Waals surface area contributed by atoms with Crippen molar-refractivity contribution in [2.24, 2.45) is 5.92 Å². The molecule has 0 unspecified atom stereocenters. The molecule has 2 amide bonds. The summed E-state index contributed by atoms with van der Waals surface area (Å²) >= 11 is 3.39. The Morgan fingerprint density at radius 3 is 2.11 bits per heavy atom. The van der Waals surface area contributed by atoms with Crippen molar-refractivity contribution in [1.29, 1.82) is 0 Å². The van der Waals surface area contributed by atoms with Crippen molar-refractivity contribution in [3.05, 3.63) is 112 Å². The molecule has 6 nitrogen and oxygen atoms in total. The van der Waals surface area contributed by atoms with Crippen LogP contribution in [0.3, 0.4) is 0 Å². The minimum Gasteiger partial charge on any atom is -0.459 e. The van der Waals surface area contributed by atoms with Crippen molar-refractivity contribution < 1.29 is 19.1 Å². The molecule has 0 aliphatic heterocycles. The van der Waals surface area contributed by atoms with E-state index in [9.17, 15) is 14.4 Å². The number of carbonyl (C=O) groups is 3. The Balaban J connectivity index is 1.80. The fraction of sp³-hybridized carbons (Fsp3) is 0.207. The second kappa shape index (κ2) is 13.4. The number of nitrogens with one attached hydrogen (secondary N) is 2. The Bertz CT molecular complexity index is 1190. The monoisotopic (exact) mass is 548 g/mol. The van der Waals surface area contributed by atoms with E-state index in [1.807, 2.05) is 68.4 Å². The van der Waals surface area contributed by atoms with Crippen LogP contribution in [0.25, 0.3) is 6.08 Å². The number of hydrogen-bond acceptors (Lipinski definition) is 4. The maximum absolute atomic E-state index is 13.3. The molecule has 3 aromatic rings. The summed E-state index contributed by atoms with van der Waals surface area (Å²) in [5.74, 6) is -1.42. The summed E-state index contributed by atoms with van der Waals surface area (Å²) in [5.41, 5.74) is 2.00. The maximum Gasteiger partial charge on any atom is 0.328 e. The van der Waals surface area contributed by atoms with Gasteiger partial charge in [-0.2, -0.15) is 0 Å². The van der Waals surface area contributed by atoms with Crippen LogP contribution in [-0.4, -0.2) is 23.8 Å². The van der Waals surface area contributed by atoms with Crippen molar-refractivity contribution >= 4 is 39.8 Å². The summed E-state index contributed by atoms with van der Waals surface area (Å²) in [6, 6.07) is 24.4. The van der Waals surface area contributed by atoms with E-state index in [4.69, 9.17) is 4.74 Å². The number of rotatable bonds is 10. The fourth-order valence-corrected chi connectivity index (χ4v) is 3.68. The van der Waals surface area contributed by atoms with Crippen molar-refractivity contribution in [2.45, 2.75) is 32.9 Å². The molecule has 0 bridgehead atoms. The van der Waals surface area contributed by atoms with Gasteiger partial charge in [-0.1, -0.05) is 90.4 Å². The lowest BCUT2D eigenvalue weighted by Gasteiger charge is -2.20. The third-order valence-electron chi connectivity index (χ3n) is 5.23. The molecule has 3 aromatic carbocycles. The smallest absolute Gasteiger partial charge is 0.328 e. The van der Waals surface area contributed by atoms with Gasteiger partial charge in [-0.15, -0.1) is 0 Å². The number of hydrogen-bond donors (Lipinski definition) is 2. The van der Waals surface area contributed by atoms with Gasteiger partial charge >= 0.3 is 5.97 Å². The van der Waals surface area contributed by atoms with Crippen LogP contribution in [0.1, 0.15) is 41.8 Å². The molecule has 36 heavy (non-hydrogen) atoms. The number of carbonyl (C=O) groups excluding carboxylic acids is 3. The molecular formula is C29H29BrN2O4. The normalized spacial score (nSPS) is 12.1. The molecule has 7 heteroatoms. The minimum atomic E-state index is -0.872. The molecule has 0 aromatic heterocycles. The zero-order valence-electron chi connectivity index (χ0n) is 20.2. The molecule has 0 saturated heterocycles. The molecule has 2 N–H and O–H groups in total. The molecule has 0 radical (unpaired) electrons. The summed E-state index contributed by atoms with van der Waals surface area (Å²) in [4.78, 5) is 39.1. The molecular weight excluding hydrogens is 520 g/mol. The Morgan fingerprint density at radius 1 is 0.889 bits per heavy atom. The van der Waals surface area contributed by atoms with Crippen LogP contribution >= 0.6 is 15.9 Å². The van der Waals surface area contributed by atoms with E-state index < -0.39 is 23.8 Å². The van der Waals surface area contributed by atoms with E-state index >= 15 is 0 Å². The van der Waals surface area contributed by atoms with Gasteiger partial charge < -0.3 is 15.4 Å². The van der Waals surface area contributed by atoms with Gasteiger partial charge in [0.25, 0.3) is 11.8 Å². The molecule has 0 heterocycles. The highest BCUT2D eigenvalue weighted by atomic mass is 79.9. The molecule has 0 spiro atoms. The van der Waals surface area contributed by atoms with Gasteiger partial charge in [0, 0.05) is 10.0 Å². The fourth-order valence-electron chi connectivity index (χ4n) is 3.42. The first-order valence-electron chi connectivity index (χ1n) is 11.7. The van der Waals surface area contributed by atoms with Crippen molar-refractivity contribution in [3.63, 3.8) is 0 Å². The molecule has 0 fully saturated rings. The lowest BCUT2D eigenvalue weighted by Crippen LogP contribution is -2.45. The number of ether oxygens (including phenoxy) is 1. The first-order chi connectivity index (χ1) is 17.3. The van der Waals surface area contributed by atoms with Crippen molar-refractivity contribution in [3.8, 4) is 0 Å². The standard InChI is InChI=1S/C29H29BrN2O4/c1-20(2)17-26(29(35)36-19-22-9-5-3-6-10-22)32-28(34)25(18-21-13-15-24(30)16-14-21)31-27(33)23-11-7-4-8-12-23/h3-16,18,20,26H,17,19H2,1-2H3,(H,31,33)(H,32,34)/b25-18-/t26-/m0/s1. The van der Waals surface area contributed by atoms with Gasteiger partial charge in [-0.3, -0.25) is 9.59 Å². The predicted molar refractivity (Wildman–Crippen MR) is 144 cm³/mol. The highest BCUT2D eigenvalue weighted by molar-refractivity contribution is 9.10. The van der Waals surface area contributed by atoms with Crippen LogP contribution in [0, 0.1) is 5.92 Å². The molecule has 3 rings (SSSR count). The van der Waals surface area contributed by atoms with E-state index in [0.717, 1.165) is 10.0 Å². The summed E-state index contributed by atoms with van der Waals surface area (Å²) in [6.07, 6.45) is 1.96. The number of amides is 2. The Morgan fingerprint density at radius 2 is 1.50 bits per heavy atom. The number of esters is 1. The quantitative estimate of drug-likeness (QED) is 0.259. The summed E-state index contributed by atoms with van der Waals surface area (Å²) in [5, 5.41) is 5.47. The molecule has 0 aliphatic carbocycles. The summed E-state index contributed by atoms with van der Waals surface area (Å²) in [7, 11) is 0. The zero-order valence-corrected chi connectivity index (χ0v) is 21.8. The third-order valence-corrected chi connectivity index (χ3v) is 5.76. The maximum atomic E-state index is 13.3. The first-order valence-corrected chi connectivity index (χ1v) is 12.5. The number of halogens is 1. The molecule has 1 atom stereocenters. The van der Waals surface area contributed by atoms with Gasteiger partial charge in [0.05, 0.1) is 0 Å². The SMILES string of the molecule is CC(C)C[C@H](NC(=O)/C(=C/c1ccc(Br)cc1)NC(=O)c1ccccc1)C(=O)OCc1ccccc1. The lowest BCUT2D eigenvalue weighted by atomic mass is 10.0. The molecule has 0 saturated carbocycles. The van der Waals surface area contributed by atoms with Gasteiger partial charge in [-0.05, 0) is 53.8 Å². The van der Waals surface area contributed by atoms with Crippen LogP contribution in [0.5, 0.6) is 0 Å². The van der Waals surface area contributed by atoms with Crippen LogP contribution in [-0.2, 0) is 20.9 Å². The van der Waals surface area contributed by atoms with E-state index in [2.05, 4.69) is 26.6 Å². The molecule has 186 valence electrons. The van der Waals surface area contributed by atoms with Crippen LogP contribution in [0.4, 0.5) is 0 Å². The Hall–Kier alpha value is -3.71. The number of benzene rings is 3. The predicted octanol–water partition coefficient (Wildman–Crippen LogP) is 5.49. The van der Waals surface area contributed by atoms with Crippen LogP contribution < -0.4 is 10.6 Å². The summed E-state index contributed by atoms with van der Waals surface area (Å²) in [6.45, 7) is 4.02. The zero-order chi connectivity index (χ0) is 25.9. The average Bonchev–Trinajstić information content (AvgIpc) is 2.88. The van der Waals surface area contributed by atoms with Crippen molar-refractivity contribution in [1.82, 2.24) is 10.6 Å². The van der Waals surface area contributed by atoms with Gasteiger partial charge in [0.15, 0.2) is 0 Å². The van der Waals surface area contributed by atoms with Crippen molar-refractivity contribution in [2.75, 3.05) is 0 Å². The lowest BCUT2D eigenvalue weighted by molar-refractivity contribution is -0.149. The highest BCUT2D eigenvalue weighted by Crippen LogP contribution is 2.14. The van der Waals surface area contributed by atoms with E-state index in [0.29, 0.717) is 17.5 Å². The molecule has 0 aliphatic rings. The van der Waals surface area contributed by atoms with Gasteiger partial charge in [0.2, 0.25) is 0 Å². The van der Waals surface area contributed by atoms with Crippen LogP contribution in [0.15, 0.2) is 95.1 Å². The largest absolute Gasteiger partial charge is 0.459 e. The minimum absolute atomic E-state index is 0.0239. The highest BCUT2D eigenvalue weighted by Gasteiger charge is 2.26.